The number of aliphatic carboxylic acids is 1. The van der Waals surface area contributed by atoms with E-state index in [9.17, 15) is 9.59 Å². The fourth-order valence-electron chi connectivity index (χ4n) is 1.58. The van der Waals surface area contributed by atoms with E-state index >= 15 is 0 Å². The average molecular weight is 244 g/mol. The predicted molar refractivity (Wildman–Crippen MR) is 67.0 cm³/mol. The van der Waals surface area contributed by atoms with Gasteiger partial charge >= 0.3 is 12.0 Å². The number of amides is 2. The van der Waals surface area contributed by atoms with Gasteiger partial charge in [-0.3, -0.25) is 0 Å². The molecule has 0 spiro atoms. The first kappa shape index (κ1) is 15.7. The molecule has 0 aromatic carbocycles. The van der Waals surface area contributed by atoms with Gasteiger partial charge in [-0.15, -0.1) is 0 Å². The first-order valence-corrected chi connectivity index (χ1v) is 6.34. The normalized spacial score (nSPS) is 11.9. The molecule has 0 aliphatic carbocycles. The first-order valence-electron chi connectivity index (χ1n) is 6.34. The van der Waals surface area contributed by atoms with Crippen molar-refractivity contribution >= 4 is 12.0 Å². The standard InChI is InChI=1S/C12H24N2O3/c1-4-7-8-10(11(15)16)13-12(17)14(6-3)9-5-2/h10H,4-9H2,1-3H3,(H,13,17)(H,15,16). The number of hydrogen-bond acceptors (Lipinski definition) is 2. The number of rotatable bonds is 8. The second-order valence-corrected chi connectivity index (χ2v) is 4.06. The first-order chi connectivity index (χ1) is 8.06. The van der Waals surface area contributed by atoms with Crippen LogP contribution >= 0.6 is 0 Å². The number of carbonyl (C=O) groups excluding carboxylic acids is 1. The maximum atomic E-state index is 11.8. The molecule has 0 bridgehead atoms. The van der Waals surface area contributed by atoms with Gasteiger partial charge in [0.25, 0.3) is 0 Å². The summed E-state index contributed by atoms with van der Waals surface area (Å²) in [5.41, 5.74) is 0. The Hall–Kier alpha value is -1.26. The maximum Gasteiger partial charge on any atom is 0.326 e. The molecule has 1 atom stereocenters. The Kier molecular flexibility index (Phi) is 8.19. The smallest absolute Gasteiger partial charge is 0.326 e. The van der Waals surface area contributed by atoms with E-state index in [1.165, 1.54) is 0 Å². The van der Waals surface area contributed by atoms with E-state index in [0.717, 1.165) is 19.3 Å². The van der Waals surface area contributed by atoms with Crippen molar-refractivity contribution in [2.75, 3.05) is 13.1 Å². The van der Waals surface area contributed by atoms with Crippen LogP contribution in [-0.2, 0) is 4.79 Å². The topological polar surface area (TPSA) is 69.6 Å². The molecule has 0 saturated carbocycles. The summed E-state index contributed by atoms with van der Waals surface area (Å²) in [5, 5.41) is 11.6. The number of unbranched alkanes of at least 4 members (excludes halogenated alkanes) is 1. The Morgan fingerprint density at radius 2 is 1.88 bits per heavy atom. The maximum absolute atomic E-state index is 11.8. The Morgan fingerprint density at radius 1 is 1.24 bits per heavy atom. The predicted octanol–water partition coefficient (Wildman–Crippen LogP) is 2.07. The minimum atomic E-state index is -0.959. The summed E-state index contributed by atoms with van der Waals surface area (Å²) in [4.78, 5) is 24.4. The van der Waals surface area contributed by atoms with Crippen molar-refractivity contribution in [3.63, 3.8) is 0 Å². The average Bonchev–Trinajstić information content (AvgIpc) is 2.30. The molecule has 17 heavy (non-hydrogen) atoms. The van der Waals surface area contributed by atoms with Crippen molar-refractivity contribution in [3.8, 4) is 0 Å². The summed E-state index contributed by atoms with van der Waals surface area (Å²) >= 11 is 0. The Labute approximate surface area is 103 Å². The summed E-state index contributed by atoms with van der Waals surface area (Å²) in [7, 11) is 0. The molecule has 2 N–H and O–H groups in total. The molecule has 0 fully saturated rings. The monoisotopic (exact) mass is 244 g/mol. The number of carbonyl (C=O) groups is 2. The van der Waals surface area contributed by atoms with Crippen LogP contribution in [0, 0.1) is 0 Å². The van der Waals surface area contributed by atoms with E-state index in [2.05, 4.69) is 5.32 Å². The van der Waals surface area contributed by atoms with Crippen LogP contribution in [0.2, 0.25) is 0 Å². The molecule has 2 amide bonds. The Balaban J connectivity index is 4.32. The van der Waals surface area contributed by atoms with Gasteiger partial charge in [-0.25, -0.2) is 9.59 Å². The van der Waals surface area contributed by atoms with Gasteiger partial charge in [-0.1, -0.05) is 26.7 Å². The highest BCUT2D eigenvalue weighted by molar-refractivity contribution is 5.82. The third-order valence-corrected chi connectivity index (χ3v) is 2.60. The Bertz CT molecular complexity index is 244. The molecule has 0 saturated heterocycles. The van der Waals surface area contributed by atoms with Crippen LogP contribution in [0.25, 0.3) is 0 Å². The number of hydrogen-bond donors (Lipinski definition) is 2. The van der Waals surface area contributed by atoms with Crippen LogP contribution in [-0.4, -0.2) is 41.1 Å². The Morgan fingerprint density at radius 3 is 2.29 bits per heavy atom. The lowest BCUT2D eigenvalue weighted by molar-refractivity contribution is -0.139. The van der Waals surface area contributed by atoms with E-state index < -0.39 is 12.0 Å². The quantitative estimate of drug-likeness (QED) is 0.686. The summed E-state index contributed by atoms with van der Waals surface area (Å²) in [6, 6.07) is -1.05. The molecule has 0 aliphatic heterocycles. The SMILES string of the molecule is CCCCC(NC(=O)N(CC)CCC)C(=O)O. The van der Waals surface area contributed by atoms with Gasteiger partial charge < -0.3 is 15.3 Å². The highest BCUT2D eigenvalue weighted by Crippen LogP contribution is 2.02. The summed E-state index contributed by atoms with van der Waals surface area (Å²) in [6.07, 6.45) is 3.08. The van der Waals surface area contributed by atoms with Gasteiger partial charge in [0.05, 0.1) is 0 Å². The number of urea groups is 1. The molecule has 0 rings (SSSR count). The zero-order valence-corrected chi connectivity index (χ0v) is 11.0. The van der Waals surface area contributed by atoms with Gasteiger partial charge in [0.1, 0.15) is 6.04 Å². The van der Waals surface area contributed by atoms with E-state index in [1.54, 1.807) is 4.90 Å². The second-order valence-electron chi connectivity index (χ2n) is 4.06. The molecule has 0 aliphatic rings. The molecule has 5 nitrogen and oxygen atoms in total. The molecule has 0 heterocycles. The zero-order valence-electron chi connectivity index (χ0n) is 11.0. The highest BCUT2D eigenvalue weighted by atomic mass is 16.4. The van der Waals surface area contributed by atoms with Gasteiger partial charge in [0.15, 0.2) is 0 Å². The minimum Gasteiger partial charge on any atom is -0.480 e. The van der Waals surface area contributed by atoms with Gasteiger partial charge in [0, 0.05) is 13.1 Å². The van der Waals surface area contributed by atoms with Gasteiger partial charge in [0.2, 0.25) is 0 Å². The summed E-state index contributed by atoms with van der Waals surface area (Å²) in [5.74, 6) is -0.959. The minimum absolute atomic E-state index is 0.280. The van der Waals surface area contributed by atoms with Crippen LogP contribution in [0.15, 0.2) is 0 Å². The number of carboxylic acids is 1. The lowest BCUT2D eigenvalue weighted by atomic mass is 10.1. The van der Waals surface area contributed by atoms with Crippen molar-refractivity contribution in [1.82, 2.24) is 10.2 Å². The van der Waals surface area contributed by atoms with E-state index in [4.69, 9.17) is 5.11 Å². The fraction of sp³-hybridized carbons (Fsp3) is 0.833. The molecule has 0 aromatic heterocycles. The largest absolute Gasteiger partial charge is 0.480 e. The van der Waals surface area contributed by atoms with Gasteiger partial charge in [-0.05, 0) is 19.8 Å². The zero-order chi connectivity index (χ0) is 13.3. The summed E-state index contributed by atoms with van der Waals surface area (Å²) in [6.45, 7) is 7.12. The van der Waals surface area contributed by atoms with E-state index in [-0.39, 0.29) is 6.03 Å². The number of carboxylic acid groups (broad SMARTS) is 1. The number of nitrogens with one attached hydrogen (secondary N) is 1. The molecule has 100 valence electrons. The van der Waals surface area contributed by atoms with Crippen molar-refractivity contribution in [2.24, 2.45) is 0 Å². The molecule has 0 aromatic rings. The molecule has 0 radical (unpaired) electrons. The molecule has 5 heteroatoms. The van der Waals surface area contributed by atoms with Crippen molar-refractivity contribution in [2.45, 2.75) is 52.5 Å². The number of nitrogens with zero attached hydrogens (tertiary/aromatic N) is 1. The lowest BCUT2D eigenvalue weighted by Crippen LogP contribution is -2.48. The third kappa shape index (κ3) is 6.14. The lowest BCUT2D eigenvalue weighted by Gasteiger charge is -2.23. The van der Waals surface area contributed by atoms with Crippen LogP contribution in [0.1, 0.15) is 46.5 Å². The van der Waals surface area contributed by atoms with Crippen LogP contribution in [0.5, 0.6) is 0 Å². The second kappa shape index (κ2) is 8.84. The van der Waals surface area contributed by atoms with E-state index in [1.807, 2.05) is 20.8 Å². The molecule has 1 unspecified atom stereocenters. The van der Waals surface area contributed by atoms with Crippen LogP contribution < -0.4 is 5.32 Å². The summed E-state index contributed by atoms with van der Waals surface area (Å²) < 4.78 is 0. The highest BCUT2D eigenvalue weighted by Gasteiger charge is 2.21. The van der Waals surface area contributed by atoms with Crippen molar-refractivity contribution < 1.29 is 14.7 Å². The molecular formula is C12H24N2O3. The van der Waals surface area contributed by atoms with E-state index in [0.29, 0.717) is 19.5 Å². The van der Waals surface area contributed by atoms with Gasteiger partial charge in [-0.2, -0.15) is 0 Å². The fourth-order valence-corrected chi connectivity index (χ4v) is 1.58. The van der Waals surface area contributed by atoms with Crippen LogP contribution in [0.4, 0.5) is 4.79 Å². The van der Waals surface area contributed by atoms with Crippen LogP contribution in [0.3, 0.4) is 0 Å². The third-order valence-electron chi connectivity index (χ3n) is 2.60. The van der Waals surface area contributed by atoms with Crippen molar-refractivity contribution in [3.05, 3.63) is 0 Å². The molecular weight excluding hydrogens is 220 g/mol. The van der Waals surface area contributed by atoms with Crippen molar-refractivity contribution in [1.29, 1.82) is 0 Å².